The largest absolute Gasteiger partial charge is 0.433 e. The van der Waals surface area contributed by atoms with Crippen molar-refractivity contribution in [2.75, 3.05) is 6.67 Å². The Morgan fingerprint density at radius 1 is 1.25 bits per heavy atom. The molecule has 0 atom stereocenters. The number of nitrogens with zero attached hydrogens (tertiary/aromatic N) is 3. The second kappa shape index (κ2) is 3.92. The first kappa shape index (κ1) is 10.6. The molecule has 0 unspecified atom stereocenters. The third-order valence-electron chi connectivity index (χ3n) is 1.89. The molecule has 16 heavy (non-hydrogen) atoms. The van der Waals surface area contributed by atoms with Crippen LogP contribution < -0.4 is 5.32 Å². The highest BCUT2D eigenvalue weighted by molar-refractivity contribution is 6.03. The lowest BCUT2D eigenvalue weighted by molar-refractivity contribution is -0.141. The van der Waals surface area contributed by atoms with E-state index >= 15 is 0 Å². The number of aliphatic imine (C=N–C) groups is 2. The molecule has 2 heterocycles. The Kier molecular flexibility index (Phi) is 2.59. The molecular weight excluding hydrogens is 221 g/mol. The van der Waals surface area contributed by atoms with Gasteiger partial charge in [-0.1, -0.05) is 6.07 Å². The smallest absolute Gasteiger partial charge is 0.330 e. The van der Waals surface area contributed by atoms with Gasteiger partial charge in [0, 0.05) is 0 Å². The molecule has 0 aromatic carbocycles. The van der Waals surface area contributed by atoms with Crippen molar-refractivity contribution >= 4 is 12.2 Å². The summed E-state index contributed by atoms with van der Waals surface area (Å²) in [5, 5.41) is 2.64. The molecule has 0 fully saturated rings. The van der Waals surface area contributed by atoms with Gasteiger partial charge in [-0.3, -0.25) is 4.99 Å². The third-order valence-corrected chi connectivity index (χ3v) is 1.89. The predicted molar refractivity (Wildman–Crippen MR) is 52.3 cm³/mol. The summed E-state index contributed by atoms with van der Waals surface area (Å²) in [6.45, 7) is 0.195. The third kappa shape index (κ3) is 2.18. The van der Waals surface area contributed by atoms with Gasteiger partial charge in [-0.05, 0) is 12.1 Å². The molecule has 1 aliphatic heterocycles. The van der Waals surface area contributed by atoms with Crippen molar-refractivity contribution < 1.29 is 13.2 Å². The van der Waals surface area contributed by atoms with Crippen LogP contribution in [0.3, 0.4) is 0 Å². The molecule has 84 valence electrons. The van der Waals surface area contributed by atoms with Crippen LogP contribution in [-0.4, -0.2) is 23.8 Å². The van der Waals surface area contributed by atoms with Crippen LogP contribution in [0.1, 0.15) is 11.4 Å². The normalized spacial score (nSPS) is 15.6. The minimum atomic E-state index is -4.45. The summed E-state index contributed by atoms with van der Waals surface area (Å²) >= 11 is 0. The molecular formula is C9H7F3N4. The highest BCUT2D eigenvalue weighted by Crippen LogP contribution is 2.27. The van der Waals surface area contributed by atoms with E-state index in [-0.39, 0.29) is 12.4 Å². The molecule has 4 nitrogen and oxygen atoms in total. The number of amidine groups is 1. The molecule has 0 bridgehead atoms. The first-order valence-corrected chi connectivity index (χ1v) is 4.41. The maximum Gasteiger partial charge on any atom is 0.433 e. The van der Waals surface area contributed by atoms with Crippen molar-refractivity contribution in [2.24, 2.45) is 9.98 Å². The molecule has 0 spiro atoms. The predicted octanol–water partition coefficient (Wildman–Crippen LogP) is 1.44. The molecule has 0 radical (unpaired) electrons. The van der Waals surface area contributed by atoms with E-state index in [0.29, 0.717) is 5.84 Å². The SMILES string of the molecule is FC(F)(F)c1cccc(C2=NCN=CN2)n1. The molecule has 0 saturated carbocycles. The number of pyridine rings is 1. The van der Waals surface area contributed by atoms with Gasteiger partial charge < -0.3 is 5.32 Å². The van der Waals surface area contributed by atoms with E-state index < -0.39 is 11.9 Å². The van der Waals surface area contributed by atoms with E-state index in [1.807, 2.05) is 0 Å². The average Bonchev–Trinajstić information content (AvgIpc) is 2.29. The van der Waals surface area contributed by atoms with Crippen LogP contribution in [0.25, 0.3) is 0 Å². The Bertz CT molecular complexity index is 450. The Hall–Kier alpha value is -1.92. The van der Waals surface area contributed by atoms with Crippen molar-refractivity contribution in [3.8, 4) is 0 Å². The second-order valence-electron chi connectivity index (χ2n) is 3.01. The fraction of sp³-hybridized carbons (Fsp3) is 0.222. The number of hydrogen-bond acceptors (Lipinski definition) is 4. The molecule has 2 rings (SSSR count). The van der Waals surface area contributed by atoms with Gasteiger partial charge in [0.25, 0.3) is 0 Å². The lowest BCUT2D eigenvalue weighted by Crippen LogP contribution is -2.27. The maximum atomic E-state index is 12.4. The van der Waals surface area contributed by atoms with Gasteiger partial charge in [0.1, 0.15) is 18.1 Å². The Morgan fingerprint density at radius 3 is 2.69 bits per heavy atom. The molecule has 0 aliphatic carbocycles. The second-order valence-corrected chi connectivity index (χ2v) is 3.01. The van der Waals surface area contributed by atoms with Crippen LogP contribution in [0.15, 0.2) is 28.2 Å². The highest BCUT2D eigenvalue weighted by atomic mass is 19.4. The molecule has 1 aromatic heterocycles. The summed E-state index contributed by atoms with van der Waals surface area (Å²) in [6, 6.07) is 3.67. The van der Waals surface area contributed by atoms with Gasteiger partial charge in [0.2, 0.25) is 0 Å². The number of nitrogens with one attached hydrogen (secondary N) is 1. The van der Waals surface area contributed by atoms with Gasteiger partial charge in [0.05, 0.1) is 6.34 Å². The molecule has 1 N–H and O–H groups in total. The molecule has 0 saturated heterocycles. The first-order chi connectivity index (χ1) is 7.57. The van der Waals surface area contributed by atoms with E-state index in [2.05, 4.69) is 20.3 Å². The summed E-state index contributed by atoms with van der Waals surface area (Å²) in [5.41, 5.74) is -0.780. The zero-order valence-electron chi connectivity index (χ0n) is 7.99. The Morgan fingerprint density at radius 2 is 2.06 bits per heavy atom. The van der Waals surface area contributed by atoms with Crippen molar-refractivity contribution in [1.29, 1.82) is 0 Å². The molecule has 1 aliphatic rings. The van der Waals surface area contributed by atoms with Gasteiger partial charge in [0.15, 0.2) is 5.84 Å². The maximum absolute atomic E-state index is 12.4. The highest BCUT2D eigenvalue weighted by Gasteiger charge is 2.32. The lowest BCUT2D eigenvalue weighted by Gasteiger charge is -2.10. The van der Waals surface area contributed by atoms with E-state index in [0.717, 1.165) is 6.07 Å². The number of hydrogen-bond donors (Lipinski definition) is 1. The summed E-state index contributed by atoms with van der Waals surface area (Å²) in [7, 11) is 0. The quantitative estimate of drug-likeness (QED) is 0.790. The lowest BCUT2D eigenvalue weighted by atomic mass is 10.2. The molecule has 7 heteroatoms. The van der Waals surface area contributed by atoms with Crippen LogP contribution in [0.4, 0.5) is 13.2 Å². The zero-order valence-corrected chi connectivity index (χ0v) is 7.99. The summed E-state index contributed by atoms with van der Waals surface area (Å²) in [6.07, 6.45) is -3.07. The van der Waals surface area contributed by atoms with E-state index in [1.54, 1.807) is 0 Å². The van der Waals surface area contributed by atoms with Gasteiger partial charge >= 0.3 is 6.18 Å². The van der Waals surface area contributed by atoms with Gasteiger partial charge in [-0.2, -0.15) is 13.2 Å². The van der Waals surface area contributed by atoms with Crippen LogP contribution in [0.2, 0.25) is 0 Å². The Balaban J connectivity index is 2.32. The number of rotatable bonds is 1. The number of aromatic nitrogens is 1. The average molecular weight is 228 g/mol. The minimum Gasteiger partial charge on any atom is -0.330 e. The zero-order chi connectivity index (χ0) is 11.6. The summed E-state index contributed by atoms with van der Waals surface area (Å²) < 4.78 is 37.2. The monoisotopic (exact) mass is 228 g/mol. The van der Waals surface area contributed by atoms with Crippen molar-refractivity contribution in [3.05, 3.63) is 29.6 Å². The van der Waals surface area contributed by atoms with E-state index in [1.165, 1.54) is 18.5 Å². The summed E-state index contributed by atoms with van der Waals surface area (Å²) in [4.78, 5) is 11.1. The minimum absolute atomic E-state index is 0.154. The number of alkyl halides is 3. The topological polar surface area (TPSA) is 49.6 Å². The van der Waals surface area contributed by atoms with Crippen LogP contribution in [-0.2, 0) is 6.18 Å². The van der Waals surface area contributed by atoms with Gasteiger partial charge in [-0.25, -0.2) is 9.98 Å². The first-order valence-electron chi connectivity index (χ1n) is 4.41. The van der Waals surface area contributed by atoms with Crippen LogP contribution >= 0.6 is 0 Å². The van der Waals surface area contributed by atoms with Crippen molar-refractivity contribution in [1.82, 2.24) is 10.3 Å². The van der Waals surface area contributed by atoms with Crippen molar-refractivity contribution in [3.63, 3.8) is 0 Å². The standard InChI is InChI=1S/C9H7F3N4/c10-9(11,12)7-3-1-2-6(16-7)8-14-4-13-5-15-8/h1-4H,5H2,(H,13,14,15). The fourth-order valence-corrected chi connectivity index (χ4v) is 1.18. The van der Waals surface area contributed by atoms with Crippen LogP contribution in [0, 0.1) is 0 Å². The summed E-state index contributed by atoms with van der Waals surface area (Å²) in [5.74, 6) is 0.293. The van der Waals surface area contributed by atoms with E-state index in [4.69, 9.17) is 0 Å². The molecule has 0 amide bonds. The van der Waals surface area contributed by atoms with Gasteiger partial charge in [-0.15, -0.1) is 0 Å². The van der Waals surface area contributed by atoms with E-state index in [9.17, 15) is 13.2 Å². The van der Waals surface area contributed by atoms with Crippen LogP contribution in [0.5, 0.6) is 0 Å². The number of halogens is 3. The van der Waals surface area contributed by atoms with Crippen molar-refractivity contribution in [2.45, 2.75) is 6.18 Å². The molecule has 1 aromatic rings. The Labute approximate surface area is 88.9 Å². The fourth-order valence-electron chi connectivity index (χ4n) is 1.18.